The Morgan fingerprint density at radius 2 is 1.85 bits per heavy atom. The molecule has 2 unspecified atom stereocenters. The van der Waals surface area contributed by atoms with Gasteiger partial charge in [0.2, 0.25) is 5.91 Å². The fourth-order valence-electron chi connectivity index (χ4n) is 13.3. The van der Waals surface area contributed by atoms with Crippen molar-refractivity contribution in [2.24, 2.45) is 11.3 Å². The molecule has 1 spiro atoms. The van der Waals surface area contributed by atoms with Crippen molar-refractivity contribution in [2.75, 3.05) is 65.4 Å². The van der Waals surface area contributed by atoms with Gasteiger partial charge in [-0.15, -0.1) is 0 Å². The van der Waals surface area contributed by atoms with Crippen LogP contribution in [0.4, 0.5) is 5.69 Å². The van der Waals surface area contributed by atoms with Gasteiger partial charge in [0.05, 0.1) is 26.8 Å². The third kappa shape index (κ3) is 5.47. The summed E-state index contributed by atoms with van der Waals surface area (Å²) in [5.41, 5.74) is 2.34. The number of aromatic amines is 1. The van der Waals surface area contributed by atoms with Crippen molar-refractivity contribution in [3.8, 4) is 5.75 Å². The van der Waals surface area contributed by atoms with E-state index in [1.807, 2.05) is 19.2 Å². The maximum absolute atomic E-state index is 15.3. The lowest BCUT2D eigenvalue weighted by atomic mass is 9.47. The van der Waals surface area contributed by atoms with Crippen molar-refractivity contribution in [3.63, 3.8) is 0 Å². The largest absolute Gasteiger partial charge is 0.496 e. The Morgan fingerprint density at radius 1 is 1.05 bits per heavy atom. The van der Waals surface area contributed by atoms with Crippen molar-refractivity contribution < 1.29 is 33.7 Å². The summed E-state index contributed by atoms with van der Waals surface area (Å²) >= 11 is 0. The summed E-state index contributed by atoms with van der Waals surface area (Å²) in [5.74, 6) is -0.534. The van der Waals surface area contributed by atoms with Gasteiger partial charge in [0.1, 0.15) is 22.9 Å². The molecule has 9 atom stereocenters. The molecule has 6 aliphatic rings. The van der Waals surface area contributed by atoms with Crippen LogP contribution >= 0.6 is 0 Å². The Labute approximate surface area is 346 Å². The molecule has 12 heteroatoms. The lowest BCUT2D eigenvalue weighted by molar-refractivity contribution is -0.217. The first-order valence-corrected chi connectivity index (χ1v) is 21.4. The van der Waals surface area contributed by atoms with Crippen LogP contribution < -0.4 is 15.0 Å². The fourth-order valence-corrected chi connectivity index (χ4v) is 13.3. The van der Waals surface area contributed by atoms with E-state index < -0.39 is 40.0 Å². The molecule has 1 saturated carbocycles. The standard InChI is InChI=1S/C47H59N5O7/c1-8-30-21-31-24-46(43(55)58-7,39-33(15-19-51(25-30)26-31)32-13-10-11-14-36(32)49-39)35-22-34-37(23-38(35)57-6)50(5)41-45(34)17-20-52-18-12-16-44(9-2,40(45)52)42(59-29(4)54)47(41,56)27-48-28(3)53/h10-14,16,21-23,31,40-42,49,56H,8-9,15,17-20,24-27H2,1-7H3,(H,48,53)/t31-,40-,41+,42+,44+,45+,46-,47?/m0/s1. The molecule has 9 rings (SSSR count). The van der Waals surface area contributed by atoms with E-state index in [9.17, 15) is 14.7 Å². The van der Waals surface area contributed by atoms with Gasteiger partial charge in [0.15, 0.2) is 0 Å². The summed E-state index contributed by atoms with van der Waals surface area (Å²) in [6.07, 6.45) is 9.15. The zero-order chi connectivity index (χ0) is 41.6. The van der Waals surface area contributed by atoms with Crippen molar-refractivity contribution in [1.82, 2.24) is 20.1 Å². The van der Waals surface area contributed by atoms with Crippen LogP contribution in [-0.2, 0) is 41.1 Å². The highest BCUT2D eigenvalue weighted by molar-refractivity contribution is 5.94. The van der Waals surface area contributed by atoms with E-state index >= 15 is 4.79 Å². The molecule has 2 fully saturated rings. The molecular weight excluding hydrogens is 747 g/mol. The number of aliphatic hydroxyl groups is 1. The molecular formula is C47H59N5O7. The lowest BCUT2D eigenvalue weighted by Gasteiger charge is -2.64. The summed E-state index contributed by atoms with van der Waals surface area (Å²) in [6.45, 7) is 11.1. The lowest BCUT2D eigenvalue weighted by Crippen LogP contribution is -2.81. The summed E-state index contributed by atoms with van der Waals surface area (Å²) in [4.78, 5) is 52.1. The number of nitrogens with one attached hydrogen (secondary N) is 2. The Bertz CT molecular complexity index is 2280. The first-order valence-electron chi connectivity index (χ1n) is 21.4. The fraction of sp³-hybridized carbons (Fsp3) is 0.553. The summed E-state index contributed by atoms with van der Waals surface area (Å²) < 4.78 is 18.7. The van der Waals surface area contributed by atoms with Gasteiger partial charge in [-0.05, 0) is 67.8 Å². The van der Waals surface area contributed by atoms with Gasteiger partial charge in [-0.25, -0.2) is 0 Å². The number of ether oxygens (including phenoxy) is 3. The second-order valence-electron chi connectivity index (χ2n) is 18.1. The molecule has 1 aliphatic carbocycles. The van der Waals surface area contributed by atoms with Gasteiger partial charge in [-0.1, -0.05) is 55.8 Å². The molecule has 59 heavy (non-hydrogen) atoms. The predicted octanol–water partition coefficient (Wildman–Crippen LogP) is 4.76. The van der Waals surface area contributed by atoms with E-state index in [0.29, 0.717) is 31.6 Å². The quantitative estimate of drug-likeness (QED) is 0.216. The Kier molecular flexibility index (Phi) is 9.60. The van der Waals surface area contributed by atoms with Crippen molar-refractivity contribution >= 4 is 34.4 Å². The zero-order valence-electron chi connectivity index (χ0n) is 35.5. The first-order chi connectivity index (χ1) is 28.3. The minimum atomic E-state index is -1.72. The zero-order valence-corrected chi connectivity index (χ0v) is 35.5. The van der Waals surface area contributed by atoms with Crippen molar-refractivity contribution in [2.45, 2.75) is 94.4 Å². The normalized spacial score (nSPS) is 34.3. The maximum Gasteiger partial charge on any atom is 0.322 e. The SMILES string of the molecule is CCC1=C[C@@H]2CN(CCc3c([nH]c4ccccc34)[C@@](C(=O)OC)(c3cc4c(cc3OC)N(C)[C@H]3C(O)(CNC(C)=O)[C@H](OC(C)=O)[C@]5(CC)C=CCN6CC[C@]43[C@@H]65)C2)C1. The summed E-state index contributed by atoms with van der Waals surface area (Å²) in [5, 5.41) is 17.6. The Hall–Kier alpha value is -4.65. The predicted molar refractivity (Wildman–Crippen MR) is 226 cm³/mol. The van der Waals surface area contributed by atoms with E-state index in [0.717, 1.165) is 78.0 Å². The number of H-pyrrole nitrogens is 1. The van der Waals surface area contributed by atoms with Gasteiger partial charge in [-0.2, -0.15) is 0 Å². The van der Waals surface area contributed by atoms with Gasteiger partial charge in [0, 0.05) is 97.9 Å². The van der Waals surface area contributed by atoms with Gasteiger partial charge >= 0.3 is 11.9 Å². The van der Waals surface area contributed by atoms with Crippen LogP contribution in [-0.4, -0.2) is 122 Å². The number of amides is 1. The third-order valence-electron chi connectivity index (χ3n) is 15.3. The molecule has 1 amide bonds. The molecule has 3 aromatic rings. The van der Waals surface area contributed by atoms with Crippen molar-refractivity contribution in [1.29, 1.82) is 0 Å². The molecule has 1 aromatic heterocycles. The number of hydrogen-bond acceptors (Lipinski definition) is 10. The maximum atomic E-state index is 15.3. The van der Waals surface area contributed by atoms with Gasteiger partial charge in [0.25, 0.3) is 0 Å². The number of carbonyl (C=O) groups is 3. The number of nitrogens with zero attached hydrogens (tertiary/aromatic N) is 3. The molecule has 2 bridgehead atoms. The van der Waals surface area contributed by atoms with E-state index in [-0.39, 0.29) is 30.4 Å². The highest BCUT2D eigenvalue weighted by Gasteiger charge is 2.78. The number of para-hydroxylation sites is 1. The smallest absolute Gasteiger partial charge is 0.322 e. The minimum absolute atomic E-state index is 0.0434. The van der Waals surface area contributed by atoms with Crippen LogP contribution in [0.3, 0.4) is 0 Å². The molecule has 0 radical (unpaired) electrons. The number of carbonyl (C=O) groups excluding carboxylic acids is 3. The second kappa shape index (κ2) is 14.2. The minimum Gasteiger partial charge on any atom is -0.496 e. The highest BCUT2D eigenvalue weighted by Crippen LogP contribution is 2.68. The molecule has 314 valence electrons. The van der Waals surface area contributed by atoms with Gasteiger partial charge < -0.3 is 34.5 Å². The van der Waals surface area contributed by atoms with Crippen LogP contribution in [0.15, 0.2) is 60.2 Å². The first kappa shape index (κ1) is 39.8. The summed E-state index contributed by atoms with van der Waals surface area (Å²) in [7, 11) is 5.13. The highest BCUT2D eigenvalue weighted by atomic mass is 16.6. The number of rotatable bonds is 8. The van der Waals surface area contributed by atoms with Crippen LogP contribution in [0, 0.1) is 11.3 Å². The van der Waals surface area contributed by atoms with E-state index in [2.05, 4.69) is 81.3 Å². The molecule has 3 N–H and O–H groups in total. The van der Waals surface area contributed by atoms with Crippen LogP contribution in [0.5, 0.6) is 5.75 Å². The van der Waals surface area contributed by atoms with Crippen molar-refractivity contribution in [3.05, 3.63) is 82.6 Å². The molecule has 5 aliphatic heterocycles. The number of anilines is 1. The number of likely N-dealkylation sites (N-methyl/N-ethyl adjacent to an activating group) is 1. The Morgan fingerprint density at radius 3 is 2.56 bits per heavy atom. The van der Waals surface area contributed by atoms with E-state index in [1.54, 1.807) is 7.11 Å². The summed E-state index contributed by atoms with van der Waals surface area (Å²) in [6, 6.07) is 11.8. The molecule has 6 heterocycles. The Balaban J connectivity index is 1.36. The topological polar surface area (TPSA) is 137 Å². The second-order valence-corrected chi connectivity index (χ2v) is 18.1. The molecule has 12 nitrogen and oxygen atoms in total. The number of hydrogen-bond donors (Lipinski definition) is 3. The number of esters is 2. The number of fused-ring (bicyclic) bond motifs is 6. The van der Waals surface area contributed by atoms with Crippen LogP contribution in [0.2, 0.25) is 0 Å². The average molecular weight is 806 g/mol. The van der Waals surface area contributed by atoms with Gasteiger partial charge in [-0.3, -0.25) is 24.2 Å². The third-order valence-corrected chi connectivity index (χ3v) is 15.3. The monoisotopic (exact) mass is 805 g/mol. The van der Waals surface area contributed by atoms with Crippen LogP contribution in [0.25, 0.3) is 10.9 Å². The molecule has 2 aromatic carbocycles. The average Bonchev–Trinajstić information content (AvgIpc) is 3.89. The van der Waals surface area contributed by atoms with E-state index in [4.69, 9.17) is 14.2 Å². The van der Waals surface area contributed by atoms with E-state index in [1.165, 1.54) is 26.5 Å². The number of benzene rings is 2. The van der Waals surface area contributed by atoms with Crippen LogP contribution in [0.1, 0.15) is 75.8 Å². The number of aromatic nitrogens is 1. The molecule has 1 saturated heterocycles. The number of methoxy groups -OCH3 is 2.